The lowest BCUT2D eigenvalue weighted by Crippen LogP contribution is -3.00. The monoisotopic (exact) mass is 660 g/mol. The van der Waals surface area contributed by atoms with Gasteiger partial charge in [-0.05, 0) is 67.8 Å². The van der Waals surface area contributed by atoms with Crippen LogP contribution >= 0.6 is 0 Å². The number of ether oxygens (including phenoxy) is 1. The maximum absolute atomic E-state index is 11.6. The lowest BCUT2D eigenvalue weighted by molar-refractivity contribution is -0.946. The number of aliphatic hydroxyl groups excluding tert-OH is 2. The van der Waals surface area contributed by atoms with Gasteiger partial charge < -0.3 is 51.9 Å². The van der Waals surface area contributed by atoms with Crippen LogP contribution in [0, 0.1) is 11.8 Å². The summed E-state index contributed by atoms with van der Waals surface area (Å²) in [6.45, 7) is 6.49. The van der Waals surface area contributed by atoms with E-state index >= 15 is 0 Å². The fourth-order valence-electron chi connectivity index (χ4n) is 7.38. The Kier molecular flexibility index (Phi) is 12.9. The smallest absolute Gasteiger partial charge is 0.121 e. The average Bonchev–Trinajstić information content (AvgIpc) is 3.88. The summed E-state index contributed by atoms with van der Waals surface area (Å²) in [6.07, 6.45) is 11.7. The van der Waals surface area contributed by atoms with E-state index in [2.05, 4.69) is 17.4 Å². The molecule has 0 aromatic heterocycles. The lowest BCUT2D eigenvalue weighted by atomic mass is 9.82. The number of hydrogen-bond acceptors (Lipinski definition) is 6. The highest BCUT2D eigenvalue weighted by Crippen LogP contribution is 2.47. The molecule has 1 aliphatic carbocycles. The summed E-state index contributed by atoms with van der Waals surface area (Å²) < 4.78 is 7.81. The Balaban J connectivity index is 0.00000423. The van der Waals surface area contributed by atoms with Crippen LogP contribution in [0.25, 0.3) is 0 Å². The number of hydrogen-bond donors (Lipinski definition) is 5. The number of piperidine rings is 3. The number of aromatic hydroxyl groups is 1. The van der Waals surface area contributed by atoms with Gasteiger partial charge in [0.2, 0.25) is 0 Å². The molecule has 2 aromatic carbocycles. The molecule has 3 atom stereocenters. The zero-order valence-electron chi connectivity index (χ0n) is 25.7. The van der Waals surface area contributed by atoms with E-state index in [-0.39, 0.29) is 35.4 Å². The largest absolute Gasteiger partial charge is 1.00 e. The van der Waals surface area contributed by atoms with Crippen molar-refractivity contribution in [2.75, 3.05) is 45.9 Å². The minimum atomic E-state index is -0.843. The summed E-state index contributed by atoms with van der Waals surface area (Å²) in [4.78, 5) is 0. The van der Waals surface area contributed by atoms with Gasteiger partial charge in [0.1, 0.15) is 24.0 Å². The van der Waals surface area contributed by atoms with Crippen LogP contribution in [0.2, 0.25) is 0 Å². The van der Waals surface area contributed by atoms with Gasteiger partial charge in [-0.2, -0.15) is 0 Å². The molecule has 0 radical (unpaired) electrons. The van der Waals surface area contributed by atoms with Crippen molar-refractivity contribution in [1.82, 2.24) is 5.32 Å². The minimum Gasteiger partial charge on any atom is -1.00 e. The number of unbranched alkanes of at least 4 members (excludes halogenated alkanes) is 5. The van der Waals surface area contributed by atoms with Crippen LogP contribution in [0.3, 0.4) is 0 Å². The Bertz CT molecular complexity index is 1110. The summed E-state index contributed by atoms with van der Waals surface area (Å²) in [5.41, 5.74) is 1.32. The van der Waals surface area contributed by atoms with Crippen molar-refractivity contribution < 1.29 is 46.6 Å². The molecule has 43 heavy (non-hydrogen) atoms. The van der Waals surface area contributed by atoms with E-state index in [0.29, 0.717) is 36.1 Å². The maximum atomic E-state index is 11.6. The summed E-state index contributed by atoms with van der Waals surface area (Å²) in [5.74, 6) is 1.04. The number of benzene rings is 2. The molecule has 2 aromatic rings. The number of fused-ring (bicyclic) bond motifs is 3. The van der Waals surface area contributed by atoms with E-state index < -0.39 is 11.7 Å². The molecular weight excluding hydrogens is 608 g/mol. The fourth-order valence-corrected chi connectivity index (χ4v) is 7.38. The zero-order valence-corrected chi connectivity index (χ0v) is 27.3. The summed E-state index contributed by atoms with van der Waals surface area (Å²) in [6, 6.07) is 15.1. The Labute approximate surface area is 268 Å². The van der Waals surface area contributed by atoms with Crippen LogP contribution in [0.5, 0.6) is 5.75 Å². The van der Waals surface area contributed by atoms with Gasteiger partial charge in [-0.3, -0.25) is 0 Å². The van der Waals surface area contributed by atoms with E-state index in [1.807, 2.05) is 18.2 Å². The Morgan fingerprint density at radius 2 is 1.63 bits per heavy atom. The third-order valence-corrected chi connectivity index (χ3v) is 10.3. The summed E-state index contributed by atoms with van der Waals surface area (Å²) >= 11 is 0. The first-order valence-corrected chi connectivity index (χ1v) is 16.5. The number of aliphatic hydroxyl groups is 3. The highest BCUT2D eigenvalue weighted by Gasteiger charge is 2.49. The van der Waals surface area contributed by atoms with Crippen molar-refractivity contribution in [3.63, 3.8) is 0 Å². The van der Waals surface area contributed by atoms with Crippen LogP contribution in [-0.2, 0) is 16.9 Å². The topological polar surface area (TPSA) is 102 Å². The fraction of sp³-hybridized carbons (Fsp3) is 0.657. The molecule has 0 spiro atoms. The van der Waals surface area contributed by atoms with Gasteiger partial charge in [0, 0.05) is 30.9 Å². The van der Waals surface area contributed by atoms with Gasteiger partial charge in [0.25, 0.3) is 0 Å². The molecule has 3 heterocycles. The third kappa shape index (κ3) is 9.03. The Morgan fingerprint density at radius 3 is 2.33 bits per heavy atom. The van der Waals surface area contributed by atoms with E-state index in [9.17, 15) is 20.4 Å². The molecule has 3 aliphatic heterocycles. The van der Waals surface area contributed by atoms with Crippen molar-refractivity contribution in [3.05, 3.63) is 65.2 Å². The Hall–Kier alpha value is -1.52. The van der Waals surface area contributed by atoms with Crippen molar-refractivity contribution in [1.29, 1.82) is 0 Å². The molecular formula is C35H53BrN2O5. The molecule has 2 bridgehead atoms. The SMILES string of the molecule is OCc1cc([C@@H](O)CNCCCCCCCC[N+]23CCC(CC2)[C@@H](OC[C@@](O)(c2ccccc2)C2CC2)C3)ccc1O.[Br-]. The number of phenols is 1. The van der Waals surface area contributed by atoms with Gasteiger partial charge in [0.05, 0.1) is 39.0 Å². The average molecular weight is 662 g/mol. The number of halogens is 1. The highest BCUT2D eigenvalue weighted by molar-refractivity contribution is 5.36. The molecule has 0 amide bonds. The van der Waals surface area contributed by atoms with Crippen LogP contribution in [0.4, 0.5) is 0 Å². The lowest BCUT2D eigenvalue weighted by Gasteiger charge is -2.53. The van der Waals surface area contributed by atoms with Crippen LogP contribution in [-0.4, -0.2) is 76.9 Å². The second-order valence-corrected chi connectivity index (χ2v) is 13.3. The van der Waals surface area contributed by atoms with Crippen LogP contribution in [0.15, 0.2) is 48.5 Å². The molecule has 4 aliphatic rings. The molecule has 6 rings (SSSR count). The highest BCUT2D eigenvalue weighted by atomic mass is 79.9. The number of nitrogens with one attached hydrogen (secondary N) is 1. The van der Waals surface area contributed by atoms with Gasteiger partial charge >= 0.3 is 0 Å². The van der Waals surface area contributed by atoms with Crippen molar-refractivity contribution >= 4 is 0 Å². The van der Waals surface area contributed by atoms with E-state index in [1.165, 1.54) is 75.1 Å². The first kappa shape index (κ1) is 34.4. The molecule has 0 unspecified atom stereocenters. The van der Waals surface area contributed by atoms with Crippen molar-refractivity contribution in [2.45, 2.75) is 88.6 Å². The van der Waals surface area contributed by atoms with Gasteiger partial charge in [0.15, 0.2) is 0 Å². The molecule has 1 saturated carbocycles. The van der Waals surface area contributed by atoms with E-state index in [1.54, 1.807) is 12.1 Å². The second kappa shape index (κ2) is 16.2. The summed E-state index contributed by atoms with van der Waals surface area (Å²) in [7, 11) is 0. The van der Waals surface area contributed by atoms with E-state index in [0.717, 1.165) is 37.9 Å². The predicted molar refractivity (Wildman–Crippen MR) is 165 cm³/mol. The van der Waals surface area contributed by atoms with Crippen molar-refractivity contribution in [3.8, 4) is 5.75 Å². The third-order valence-electron chi connectivity index (χ3n) is 10.3. The Morgan fingerprint density at radius 1 is 0.930 bits per heavy atom. The normalized spacial score (nSPS) is 25.2. The molecule has 5 N–H and O–H groups in total. The number of quaternary nitrogens is 1. The molecule has 8 heteroatoms. The first-order valence-electron chi connectivity index (χ1n) is 16.5. The molecule has 7 nitrogen and oxygen atoms in total. The van der Waals surface area contributed by atoms with Crippen molar-refractivity contribution in [2.24, 2.45) is 11.8 Å². The minimum absolute atomic E-state index is 0. The molecule has 3 saturated heterocycles. The standard InChI is InChI=1S/C35H52N2O5.BrH/c38-25-29-22-28(12-15-32(29)39)33(40)23-36-18-8-3-1-2-4-9-19-37-20-16-27(17-21-37)34(24-37)42-26-35(41,31-13-14-31)30-10-6-5-7-11-30;/h5-7,10-12,15,22,27,31,33-34,36,38,40-41H,1-4,8-9,13-14,16-21,23-26H2;1H/t27?,33-,34-,35+,37?;/m0./s1. The van der Waals surface area contributed by atoms with Gasteiger partial charge in [-0.25, -0.2) is 0 Å². The van der Waals surface area contributed by atoms with Crippen LogP contribution in [0.1, 0.15) is 87.0 Å². The van der Waals surface area contributed by atoms with Gasteiger partial charge in [-0.15, -0.1) is 0 Å². The molecule has 240 valence electrons. The predicted octanol–water partition coefficient (Wildman–Crippen LogP) is 1.78. The van der Waals surface area contributed by atoms with Gasteiger partial charge in [-0.1, -0.05) is 55.7 Å². The van der Waals surface area contributed by atoms with Crippen LogP contribution < -0.4 is 22.3 Å². The second-order valence-electron chi connectivity index (χ2n) is 13.3. The zero-order chi connectivity index (χ0) is 29.4. The quantitative estimate of drug-likeness (QED) is 0.123. The van der Waals surface area contributed by atoms with E-state index in [4.69, 9.17) is 4.74 Å². The number of rotatable bonds is 18. The molecule has 4 fully saturated rings. The first-order chi connectivity index (χ1) is 20.4. The summed E-state index contributed by atoms with van der Waals surface area (Å²) in [5, 5.41) is 44.3. The maximum Gasteiger partial charge on any atom is 0.121 e. The number of nitrogens with zero attached hydrogens (tertiary/aromatic N) is 1.